The van der Waals surface area contributed by atoms with E-state index < -0.39 is 0 Å². The number of rotatable bonds is 5. The lowest BCUT2D eigenvalue weighted by atomic mass is 10.2. The second kappa shape index (κ2) is 6.51. The molecule has 1 amide bonds. The lowest BCUT2D eigenvalue weighted by Crippen LogP contribution is -2.17. The summed E-state index contributed by atoms with van der Waals surface area (Å²) in [4.78, 5) is 14.4. The molecule has 4 heteroatoms. The van der Waals surface area contributed by atoms with Gasteiger partial charge >= 0.3 is 0 Å². The van der Waals surface area contributed by atoms with Gasteiger partial charge in [0.15, 0.2) is 0 Å². The Hall–Kier alpha value is -0.610. The average Bonchev–Trinajstić information content (AvgIpc) is 1.98. The Labute approximate surface area is 60.1 Å². The maximum atomic E-state index is 10.6. The number of amides is 1. The van der Waals surface area contributed by atoms with Crippen LogP contribution in [0, 0.1) is 0 Å². The molecule has 0 radical (unpaired) electrons. The highest BCUT2D eigenvalue weighted by atomic mass is 17.1. The van der Waals surface area contributed by atoms with Crippen molar-refractivity contribution in [3.05, 3.63) is 0 Å². The minimum absolute atomic E-state index is 0.0259. The molecular formula is C6H13NO3. The van der Waals surface area contributed by atoms with Crippen LogP contribution in [0.4, 0.5) is 0 Å². The molecule has 10 heavy (non-hydrogen) atoms. The van der Waals surface area contributed by atoms with Crippen LogP contribution in [0.5, 0.6) is 0 Å². The zero-order valence-electron chi connectivity index (χ0n) is 6.09. The van der Waals surface area contributed by atoms with Gasteiger partial charge in [0.2, 0.25) is 5.91 Å². The van der Waals surface area contributed by atoms with E-state index in [1.165, 1.54) is 0 Å². The Bertz CT molecular complexity index is 95.0. The Morgan fingerprint density at radius 1 is 1.60 bits per heavy atom. The molecule has 0 bridgehead atoms. The van der Waals surface area contributed by atoms with Crippen LogP contribution in [0.3, 0.4) is 0 Å². The number of hydrogen-bond acceptors (Lipinski definition) is 3. The Morgan fingerprint density at radius 2 is 2.30 bits per heavy atom. The summed E-state index contributed by atoms with van der Waals surface area (Å²) >= 11 is 0. The maximum Gasteiger partial charge on any atom is 0.219 e. The highest BCUT2D eigenvalue weighted by Gasteiger charge is 1.95. The van der Waals surface area contributed by atoms with Crippen LogP contribution in [0.25, 0.3) is 0 Å². The van der Waals surface area contributed by atoms with Crippen molar-refractivity contribution in [2.45, 2.75) is 19.3 Å². The number of nitrogens with one attached hydrogen (secondary N) is 1. The van der Waals surface area contributed by atoms with E-state index in [2.05, 4.69) is 10.2 Å². The first-order chi connectivity index (χ1) is 4.81. The molecule has 0 saturated heterocycles. The van der Waals surface area contributed by atoms with Crippen molar-refractivity contribution >= 4 is 5.91 Å². The lowest BCUT2D eigenvalue weighted by molar-refractivity contribution is -0.242. The molecule has 0 unspecified atom stereocenters. The van der Waals surface area contributed by atoms with Crippen molar-refractivity contribution in [3.63, 3.8) is 0 Å². The molecule has 0 fully saturated rings. The van der Waals surface area contributed by atoms with Gasteiger partial charge in [-0.2, -0.15) is 0 Å². The third kappa shape index (κ3) is 5.53. The van der Waals surface area contributed by atoms with E-state index in [-0.39, 0.29) is 5.91 Å². The topological polar surface area (TPSA) is 58.6 Å². The molecule has 0 heterocycles. The van der Waals surface area contributed by atoms with E-state index in [0.29, 0.717) is 19.4 Å². The first kappa shape index (κ1) is 9.39. The predicted molar refractivity (Wildman–Crippen MR) is 36.5 cm³/mol. The summed E-state index contributed by atoms with van der Waals surface area (Å²) < 4.78 is 0. The van der Waals surface area contributed by atoms with Crippen LogP contribution >= 0.6 is 0 Å². The van der Waals surface area contributed by atoms with Crippen LogP contribution in [-0.4, -0.2) is 24.8 Å². The fourth-order valence-electron chi connectivity index (χ4n) is 0.577. The predicted octanol–water partition coefficient (Wildman–Crippen LogP) is 0.392. The van der Waals surface area contributed by atoms with Crippen LogP contribution in [0.15, 0.2) is 0 Å². The third-order valence-corrected chi connectivity index (χ3v) is 1.17. The Balaban J connectivity index is 2.96. The molecule has 0 aliphatic heterocycles. The van der Waals surface area contributed by atoms with Gasteiger partial charge in [-0.3, -0.25) is 10.1 Å². The smallest absolute Gasteiger partial charge is 0.219 e. The fraction of sp³-hybridized carbons (Fsp3) is 0.833. The van der Waals surface area contributed by atoms with Crippen molar-refractivity contribution in [2.24, 2.45) is 0 Å². The summed E-state index contributed by atoms with van der Waals surface area (Å²) in [5.74, 6) is 0.0259. The lowest BCUT2D eigenvalue weighted by Gasteiger charge is -1.97. The molecule has 0 aromatic carbocycles. The number of carbonyl (C=O) groups excluding carboxylic acids is 1. The molecule has 4 nitrogen and oxygen atoms in total. The van der Waals surface area contributed by atoms with Crippen LogP contribution in [-0.2, 0) is 9.68 Å². The summed E-state index contributed by atoms with van der Waals surface area (Å²) in [7, 11) is 1.60. The van der Waals surface area contributed by atoms with Crippen LogP contribution in [0.1, 0.15) is 19.3 Å². The van der Waals surface area contributed by atoms with Crippen molar-refractivity contribution in [1.82, 2.24) is 5.32 Å². The Morgan fingerprint density at radius 3 is 2.80 bits per heavy atom. The first-order valence-corrected chi connectivity index (χ1v) is 3.28. The summed E-state index contributed by atoms with van der Waals surface area (Å²) in [6.45, 7) is 0.303. The van der Waals surface area contributed by atoms with Crippen molar-refractivity contribution in [1.29, 1.82) is 0 Å². The molecular weight excluding hydrogens is 134 g/mol. The highest BCUT2D eigenvalue weighted by Crippen LogP contribution is 1.94. The van der Waals surface area contributed by atoms with E-state index in [1.807, 2.05) is 0 Å². The number of unbranched alkanes of at least 4 members (excludes halogenated alkanes) is 1. The zero-order chi connectivity index (χ0) is 7.82. The molecule has 2 N–H and O–H groups in total. The quantitative estimate of drug-likeness (QED) is 0.336. The molecule has 0 saturated carbocycles. The molecule has 0 rings (SSSR count). The third-order valence-electron chi connectivity index (χ3n) is 1.17. The highest BCUT2D eigenvalue weighted by molar-refractivity contribution is 5.75. The van der Waals surface area contributed by atoms with Gasteiger partial charge in [0.1, 0.15) is 0 Å². The minimum Gasteiger partial charge on any atom is -0.359 e. The van der Waals surface area contributed by atoms with E-state index in [9.17, 15) is 4.79 Å². The van der Waals surface area contributed by atoms with Gasteiger partial charge in [-0.25, -0.2) is 4.89 Å². The van der Waals surface area contributed by atoms with Crippen LogP contribution < -0.4 is 5.32 Å². The van der Waals surface area contributed by atoms with Gasteiger partial charge in [-0.05, 0) is 12.8 Å². The summed E-state index contributed by atoms with van der Waals surface area (Å²) in [5, 5.41) is 10.4. The van der Waals surface area contributed by atoms with Gasteiger partial charge < -0.3 is 5.32 Å². The fourth-order valence-corrected chi connectivity index (χ4v) is 0.577. The summed E-state index contributed by atoms with van der Waals surface area (Å²) in [5.41, 5.74) is 0. The Kier molecular flexibility index (Phi) is 6.11. The van der Waals surface area contributed by atoms with Gasteiger partial charge in [-0.15, -0.1) is 0 Å². The molecule has 0 aromatic heterocycles. The van der Waals surface area contributed by atoms with E-state index in [1.54, 1.807) is 7.05 Å². The summed E-state index contributed by atoms with van der Waals surface area (Å²) in [6, 6.07) is 0. The van der Waals surface area contributed by atoms with Crippen molar-refractivity contribution in [2.75, 3.05) is 13.7 Å². The second-order valence-corrected chi connectivity index (χ2v) is 1.96. The van der Waals surface area contributed by atoms with E-state index in [4.69, 9.17) is 5.26 Å². The van der Waals surface area contributed by atoms with E-state index >= 15 is 0 Å². The molecule has 0 aromatic rings. The molecule has 0 atom stereocenters. The van der Waals surface area contributed by atoms with Gasteiger partial charge in [-0.1, -0.05) is 0 Å². The van der Waals surface area contributed by atoms with Gasteiger partial charge in [0, 0.05) is 13.5 Å². The number of hydrogen-bond donors (Lipinski definition) is 2. The average molecular weight is 147 g/mol. The zero-order valence-corrected chi connectivity index (χ0v) is 6.09. The monoisotopic (exact) mass is 147 g/mol. The molecule has 0 aliphatic rings. The molecule has 0 aliphatic carbocycles. The van der Waals surface area contributed by atoms with Crippen LogP contribution in [0.2, 0.25) is 0 Å². The minimum atomic E-state index is 0.0259. The second-order valence-electron chi connectivity index (χ2n) is 1.96. The number of carbonyl (C=O) groups is 1. The standard InChI is InChI=1S/C6H13NO3/c1-7-6(8)4-2-3-5-10-9/h9H,2-5H2,1H3,(H,7,8). The first-order valence-electron chi connectivity index (χ1n) is 3.28. The molecule has 60 valence electrons. The summed E-state index contributed by atoms with van der Waals surface area (Å²) in [6.07, 6.45) is 1.96. The van der Waals surface area contributed by atoms with Gasteiger partial charge in [0.25, 0.3) is 0 Å². The largest absolute Gasteiger partial charge is 0.359 e. The molecule has 0 spiro atoms. The van der Waals surface area contributed by atoms with E-state index in [0.717, 1.165) is 6.42 Å². The van der Waals surface area contributed by atoms with Gasteiger partial charge in [0.05, 0.1) is 6.61 Å². The van der Waals surface area contributed by atoms with Crippen molar-refractivity contribution in [3.8, 4) is 0 Å². The van der Waals surface area contributed by atoms with Crippen molar-refractivity contribution < 1.29 is 14.9 Å². The SMILES string of the molecule is CNC(=O)CCCCOO. The maximum absolute atomic E-state index is 10.6. The normalized spacial score (nSPS) is 9.40.